The van der Waals surface area contributed by atoms with Crippen molar-refractivity contribution in [3.63, 3.8) is 0 Å². The molecular weight excluding hydrogens is 285 g/mol. The molecule has 8 nitrogen and oxygen atoms in total. The summed E-state index contributed by atoms with van der Waals surface area (Å²) in [4.78, 5) is 21.2. The highest BCUT2D eigenvalue weighted by Gasteiger charge is 2.16. The molecule has 0 bridgehead atoms. The van der Waals surface area contributed by atoms with Crippen LogP contribution >= 0.6 is 0 Å². The molecule has 9 heteroatoms. The molecule has 0 unspecified atom stereocenters. The van der Waals surface area contributed by atoms with E-state index < -0.39 is 35.6 Å². The molecule has 0 saturated heterocycles. The summed E-state index contributed by atoms with van der Waals surface area (Å²) in [5.74, 6) is -5.00. The zero-order chi connectivity index (χ0) is 16.0. The van der Waals surface area contributed by atoms with Gasteiger partial charge in [-0.15, -0.1) is 5.11 Å². The van der Waals surface area contributed by atoms with Crippen molar-refractivity contribution in [2.45, 2.75) is 6.42 Å². The Morgan fingerprint density at radius 1 is 1.29 bits per heavy atom. The summed E-state index contributed by atoms with van der Waals surface area (Å²) in [5, 5.41) is 41.7. The number of carboxylic acids is 2. The molecule has 0 aliphatic rings. The molecule has 1 rings (SSSR count). The molecule has 0 aliphatic heterocycles. The number of nitriles is 1. The van der Waals surface area contributed by atoms with Gasteiger partial charge in [0.1, 0.15) is 24.1 Å². The summed E-state index contributed by atoms with van der Waals surface area (Å²) in [5.41, 5.74) is -1.30. The van der Waals surface area contributed by atoms with Crippen LogP contribution < -0.4 is 0 Å². The summed E-state index contributed by atoms with van der Waals surface area (Å²) >= 11 is 0. The van der Waals surface area contributed by atoms with Crippen molar-refractivity contribution in [1.82, 2.24) is 0 Å². The third-order valence-electron chi connectivity index (χ3n) is 2.13. The lowest BCUT2D eigenvalue weighted by Crippen LogP contribution is -2.06. The van der Waals surface area contributed by atoms with Gasteiger partial charge in [-0.1, -0.05) is 0 Å². The lowest BCUT2D eigenvalue weighted by molar-refractivity contribution is -0.136. The van der Waals surface area contributed by atoms with Crippen LogP contribution in [-0.2, 0) is 9.59 Å². The Hall–Kier alpha value is -3.28. The van der Waals surface area contributed by atoms with Crippen LogP contribution in [0.25, 0.3) is 0 Å². The van der Waals surface area contributed by atoms with Crippen molar-refractivity contribution in [2.24, 2.45) is 10.2 Å². The third kappa shape index (κ3) is 4.39. The number of hydrogen-bond acceptors (Lipinski definition) is 6. The van der Waals surface area contributed by atoms with Gasteiger partial charge in [-0.25, -0.2) is 9.18 Å². The first-order chi connectivity index (χ1) is 9.85. The molecule has 108 valence electrons. The van der Waals surface area contributed by atoms with Crippen LogP contribution in [0, 0.1) is 17.1 Å². The van der Waals surface area contributed by atoms with E-state index in [0.29, 0.717) is 0 Å². The monoisotopic (exact) mass is 293 g/mol. The van der Waals surface area contributed by atoms with Crippen molar-refractivity contribution >= 4 is 17.6 Å². The normalized spacial score (nSPS) is 11.8. The highest BCUT2D eigenvalue weighted by Crippen LogP contribution is 2.19. The fraction of sp³-hybridized carbons (Fsp3) is 0.0833. The first-order valence-electron chi connectivity index (χ1n) is 5.33. The highest BCUT2D eigenvalue weighted by molar-refractivity contribution is 5.87. The molecule has 3 N–H and O–H groups in total. The molecular formula is C12H8FN3O5. The summed E-state index contributed by atoms with van der Waals surface area (Å²) in [6.07, 6.45) is -0.942. The van der Waals surface area contributed by atoms with E-state index in [2.05, 4.69) is 10.2 Å². The van der Waals surface area contributed by atoms with Crippen LogP contribution in [0.5, 0.6) is 0 Å². The molecule has 1 aromatic rings. The smallest absolute Gasteiger partial charge is 0.359 e. The van der Waals surface area contributed by atoms with E-state index in [4.69, 9.17) is 15.5 Å². The number of aliphatic hydroxyl groups is 1. The third-order valence-corrected chi connectivity index (χ3v) is 2.13. The van der Waals surface area contributed by atoms with Gasteiger partial charge in [0.25, 0.3) is 0 Å². The van der Waals surface area contributed by atoms with E-state index in [1.54, 1.807) is 6.07 Å². The van der Waals surface area contributed by atoms with Gasteiger partial charge in [-0.2, -0.15) is 10.4 Å². The number of azo groups is 1. The molecule has 0 fully saturated rings. The fourth-order valence-corrected chi connectivity index (χ4v) is 1.22. The quantitative estimate of drug-likeness (QED) is 0.431. The van der Waals surface area contributed by atoms with Crippen LogP contribution in [-0.4, -0.2) is 27.3 Å². The number of rotatable bonds is 5. The van der Waals surface area contributed by atoms with Gasteiger partial charge in [0.05, 0.1) is 11.3 Å². The number of halogens is 1. The number of carbonyl (C=O) groups is 2. The van der Waals surface area contributed by atoms with Crippen molar-refractivity contribution in [3.8, 4) is 6.07 Å². The first kappa shape index (κ1) is 15.8. The summed E-state index contributed by atoms with van der Waals surface area (Å²) in [7, 11) is 0. The molecule has 0 aromatic heterocycles. The van der Waals surface area contributed by atoms with Gasteiger partial charge >= 0.3 is 11.9 Å². The average molecular weight is 293 g/mol. The van der Waals surface area contributed by atoms with Crippen molar-refractivity contribution < 1.29 is 29.3 Å². The summed E-state index contributed by atoms with van der Waals surface area (Å²) in [6.45, 7) is 0. The maximum atomic E-state index is 13.3. The molecule has 0 aliphatic carbocycles. The van der Waals surface area contributed by atoms with Gasteiger partial charge in [0.2, 0.25) is 5.70 Å². The Bertz CT molecular complexity index is 691. The van der Waals surface area contributed by atoms with Crippen LogP contribution in [0.2, 0.25) is 0 Å². The lowest BCUT2D eigenvalue weighted by atomic mass is 10.2. The number of aliphatic hydroxyl groups excluding tert-OH is 1. The Kier molecular flexibility index (Phi) is 5.08. The highest BCUT2D eigenvalue weighted by atomic mass is 19.1. The van der Waals surface area contributed by atoms with Crippen LogP contribution in [0.4, 0.5) is 10.1 Å². The minimum Gasteiger partial charge on any atom is -0.509 e. The van der Waals surface area contributed by atoms with Crippen LogP contribution in [0.1, 0.15) is 12.0 Å². The molecule has 0 spiro atoms. The maximum Gasteiger partial charge on any atom is 0.359 e. The second kappa shape index (κ2) is 6.76. The molecule has 21 heavy (non-hydrogen) atoms. The van der Waals surface area contributed by atoms with E-state index in [1.807, 2.05) is 0 Å². The Morgan fingerprint density at radius 3 is 2.43 bits per heavy atom. The van der Waals surface area contributed by atoms with E-state index in [1.165, 1.54) is 6.07 Å². The van der Waals surface area contributed by atoms with Crippen molar-refractivity contribution in [2.75, 3.05) is 0 Å². The van der Waals surface area contributed by atoms with E-state index in [-0.39, 0.29) is 11.3 Å². The van der Waals surface area contributed by atoms with Crippen molar-refractivity contribution in [3.05, 3.63) is 41.0 Å². The fourth-order valence-electron chi connectivity index (χ4n) is 1.22. The Morgan fingerprint density at radius 2 is 1.95 bits per heavy atom. The molecule has 0 atom stereocenters. The van der Waals surface area contributed by atoms with Crippen LogP contribution in [0.15, 0.2) is 39.9 Å². The predicted octanol–water partition coefficient (Wildman–Crippen LogP) is 2.11. The Balaban J connectivity index is 3.10. The molecule has 0 saturated carbocycles. The summed E-state index contributed by atoms with van der Waals surface area (Å²) < 4.78 is 13.3. The SMILES string of the molecule is N#Cc1ccc(N=NC(C(=O)O)=C(O)CC(=O)O)cc1F. The maximum absolute atomic E-state index is 13.3. The van der Waals surface area contributed by atoms with Gasteiger partial charge in [0.15, 0.2) is 0 Å². The second-order valence-electron chi connectivity index (χ2n) is 3.65. The molecule has 0 amide bonds. The topological polar surface area (TPSA) is 143 Å². The average Bonchev–Trinajstić information content (AvgIpc) is 2.37. The minimum atomic E-state index is -1.69. The van der Waals surface area contributed by atoms with Gasteiger partial charge in [-0.05, 0) is 12.1 Å². The standard InChI is InChI=1S/C12H8FN3O5/c13-8-3-7(2-1-6(8)5-14)15-16-11(12(20)21)9(17)4-10(18)19/h1-3,17H,4H2,(H,18,19)(H,20,21). The zero-order valence-corrected chi connectivity index (χ0v) is 10.3. The van der Waals surface area contributed by atoms with Gasteiger partial charge < -0.3 is 15.3 Å². The van der Waals surface area contributed by atoms with Gasteiger partial charge in [0, 0.05) is 6.07 Å². The van der Waals surface area contributed by atoms with Crippen LogP contribution in [0.3, 0.4) is 0 Å². The Labute approximate surface area is 117 Å². The predicted molar refractivity (Wildman–Crippen MR) is 65.2 cm³/mol. The van der Waals surface area contributed by atoms with E-state index in [9.17, 15) is 19.1 Å². The number of benzene rings is 1. The number of nitrogens with zero attached hydrogens (tertiary/aromatic N) is 3. The van der Waals surface area contributed by atoms with E-state index in [0.717, 1.165) is 12.1 Å². The zero-order valence-electron chi connectivity index (χ0n) is 10.3. The number of hydrogen-bond donors (Lipinski definition) is 3. The van der Waals surface area contributed by atoms with Gasteiger partial charge in [-0.3, -0.25) is 4.79 Å². The molecule has 0 radical (unpaired) electrons. The number of carboxylic acid groups (broad SMARTS) is 2. The second-order valence-corrected chi connectivity index (χ2v) is 3.65. The van der Waals surface area contributed by atoms with E-state index >= 15 is 0 Å². The largest absolute Gasteiger partial charge is 0.509 e. The molecule has 1 aromatic carbocycles. The first-order valence-corrected chi connectivity index (χ1v) is 5.33. The van der Waals surface area contributed by atoms with Crippen molar-refractivity contribution in [1.29, 1.82) is 5.26 Å². The number of aliphatic carboxylic acids is 2. The lowest BCUT2D eigenvalue weighted by Gasteiger charge is -1.99. The molecule has 0 heterocycles. The minimum absolute atomic E-state index is 0.103. The summed E-state index contributed by atoms with van der Waals surface area (Å²) in [6, 6.07) is 4.76.